The van der Waals surface area contributed by atoms with E-state index in [-0.39, 0.29) is 17.3 Å². The van der Waals surface area contributed by atoms with Gasteiger partial charge in [-0.1, -0.05) is 40.5 Å². The second-order valence-electron chi connectivity index (χ2n) is 15.1. The number of hydrogen-bond acceptors (Lipinski definition) is 4. The van der Waals surface area contributed by atoms with E-state index in [1.807, 2.05) is 20.8 Å². The lowest BCUT2D eigenvalue weighted by atomic mass is 9.42. The highest BCUT2D eigenvalue weighted by Gasteiger charge is 2.64. The summed E-state index contributed by atoms with van der Waals surface area (Å²) in [5.41, 5.74) is 5.90. The Morgan fingerprint density at radius 2 is 1.75 bits per heavy atom. The van der Waals surface area contributed by atoms with Gasteiger partial charge >= 0.3 is 5.97 Å². The molecule has 1 unspecified atom stereocenters. The minimum absolute atomic E-state index is 0.00842. The molecule has 4 aliphatic carbocycles. The van der Waals surface area contributed by atoms with Crippen LogP contribution in [0.15, 0.2) is 0 Å². The molecule has 0 spiro atoms. The molecule has 0 bridgehead atoms. The van der Waals surface area contributed by atoms with Crippen molar-refractivity contribution in [2.75, 3.05) is 6.54 Å². The topological polar surface area (TPSA) is 69.4 Å². The zero-order valence-corrected chi connectivity index (χ0v) is 24.4. The highest BCUT2D eigenvalue weighted by atomic mass is 16.6. The zero-order chi connectivity index (χ0) is 26.5. The first kappa shape index (κ1) is 28.1. The fraction of sp³-hybridized carbons (Fsp3) is 0.938. The fourth-order valence-electron chi connectivity index (χ4n) is 9.77. The van der Waals surface area contributed by atoms with Crippen molar-refractivity contribution < 1.29 is 14.3 Å². The van der Waals surface area contributed by atoms with Gasteiger partial charge in [-0.3, -0.25) is 9.59 Å². The zero-order valence-electron chi connectivity index (χ0n) is 24.4. The highest BCUT2D eigenvalue weighted by molar-refractivity contribution is 5.80. The number of ether oxygens (including phenoxy) is 1. The van der Waals surface area contributed by atoms with E-state index in [0.29, 0.717) is 47.2 Å². The Balaban J connectivity index is 1.59. The van der Waals surface area contributed by atoms with Crippen LogP contribution in [0.2, 0.25) is 0 Å². The molecule has 2 N–H and O–H groups in total. The number of carbonyl (C=O) groups excluding carboxylic acids is 2. The number of hydrogen-bond donors (Lipinski definition) is 1. The summed E-state index contributed by atoms with van der Waals surface area (Å²) >= 11 is 0. The maximum absolute atomic E-state index is 13.8. The summed E-state index contributed by atoms with van der Waals surface area (Å²) in [5, 5.41) is 0. The number of fused-ring (bicyclic) bond motifs is 5. The third-order valence-corrected chi connectivity index (χ3v) is 11.8. The Bertz CT molecular complexity index is 817. The molecule has 0 aromatic carbocycles. The molecule has 10 atom stereocenters. The van der Waals surface area contributed by atoms with Crippen LogP contribution >= 0.6 is 0 Å². The summed E-state index contributed by atoms with van der Waals surface area (Å²) in [4.78, 5) is 26.3. The largest absolute Gasteiger partial charge is 0.460 e. The Morgan fingerprint density at radius 1 is 1.06 bits per heavy atom. The molecule has 0 aromatic heterocycles. The number of nitrogens with two attached hydrogens (primary N) is 1. The molecule has 4 aliphatic rings. The molecule has 0 aromatic rings. The van der Waals surface area contributed by atoms with Crippen molar-refractivity contribution in [1.29, 1.82) is 0 Å². The molecule has 0 amide bonds. The maximum Gasteiger partial charge on any atom is 0.309 e. The van der Waals surface area contributed by atoms with Crippen molar-refractivity contribution >= 4 is 11.8 Å². The number of ketones is 1. The molecule has 4 nitrogen and oxygen atoms in total. The van der Waals surface area contributed by atoms with Crippen LogP contribution < -0.4 is 5.73 Å². The Hall–Kier alpha value is -0.900. The van der Waals surface area contributed by atoms with Crippen LogP contribution in [0.5, 0.6) is 0 Å². The van der Waals surface area contributed by atoms with E-state index in [9.17, 15) is 9.59 Å². The first-order chi connectivity index (χ1) is 16.8. The van der Waals surface area contributed by atoms with E-state index < -0.39 is 5.60 Å². The minimum Gasteiger partial charge on any atom is -0.460 e. The van der Waals surface area contributed by atoms with Crippen LogP contribution in [0.1, 0.15) is 119 Å². The third-order valence-electron chi connectivity index (χ3n) is 11.8. The van der Waals surface area contributed by atoms with E-state index in [2.05, 4.69) is 27.7 Å². The van der Waals surface area contributed by atoms with Crippen LogP contribution in [0.3, 0.4) is 0 Å². The monoisotopic (exact) mass is 501 g/mol. The minimum atomic E-state index is -0.471. The predicted octanol–water partition coefficient (Wildman–Crippen LogP) is 7.18. The van der Waals surface area contributed by atoms with Crippen molar-refractivity contribution in [3.8, 4) is 0 Å². The number of carbonyl (C=O) groups is 2. The predicted molar refractivity (Wildman–Crippen MR) is 146 cm³/mol. The number of esters is 1. The summed E-state index contributed by atoms with van der Waals surface area (Å²) in [5.74, 6) is 4.32. The molecule has 0 heterocycles. The van der Waals surface area contributed by atoms with E-state index >= 15 is 0 Å². The summed E-state index contributed by atoms with van der Waals surface area (Å²) in [7, 11) is 0. The molecule has 36 heavy (non-hydrogen) atoms. The lowest BCUT2D eigenvalue weighted by Gasteiger charge is -2.62. The molecule has 0 saturated heterocycles. The lowest BCUT2D eigenvalue weighted by Crippen LogP contribution is -2.58. The third kappa shape index (κ3) is 5.19. The fourth-order valence-corrected chi connectivity index (χ4v) is 9.77. The van der Waals surface area contributed by atoms with Crippen LogP contribution in [0.25, 0.3) is 0 Å². The number of rotatable bonds is 7. The first-order valence-corrected chi connectivity index (χ1v) is 15.2. The van der Waals surface area contributed by atoms with Crippen molar-refractivity contribution in [2.24, 2.45) is 63.9 Å². The van der Waals surface area contributed by atoms with Gasteiger partial charge in [0.2, 0.25) is 0 Å². The van der Waals surface area contributed by atoms with Gasteiger partial charge in [0, 0.05) is 12.8 Å². The van der Waals surface area contributed by atoms with Gasteiger partial charge in [0.15, 0.2) is 0 Å². The average molecular weight is 502 g/mol. The Labute approximate surface area is 221 Å². The van der Waals surface area contributed by atoms with Gasteiger partial charge in [-0.2, -0.15) is 0 Å². The van der Waals surface area contributed by atoms with E-state index in [0.717, 1.165) is 37.6 Å². The summed E-state index contributed by atoms with van der Waals surface area (Å²) in [6, 6.07) is 0. The summed E-state index contributed by atoms with van der Waals surface area (Å²) < 4.78 is 6.07. The van der Waals surface area contributed by atoms with E-state index in [1.54, 1.807) is 0 Å². The molecule has 4 saturated carbocycles. The second kappa shape index (κ2) is 10.3. The van der Waals surface area contributed by atoms with Gasteiger partial charge < -0.3 is 10.5 Å². The standard InChI is InChI=1S/C32H55NO3/c1-20(19-33)9-8-10-21(2)25-11-12-26-28-24(29(35)36-30(3,4)5)18-22-17-23(34)13-15-31(22,6)27(28)14-16-32(25,26)7/h20-22,24-28H,8-19,33H2,1-7H3/t20?,21-,22-,24-,25-,26+,27+,28+,31+,32-/m1/s1. The van der Waals surface area contributed by atoms with Gasteiger partial charge in [-0.05, 0) is 125 Å². The van der Waals surface area contributed by atoms with E-state index in [4.69, 9.17) is 10.5 Å². The van der Waals surface area contributed by atoms with Crippen LogP contribution in [0.4, 0.5) is 0 Å². The summed E-state index contributed by atoms with van der Waals surface area (Å²) in [6.45, 7) is 16.6. The Morgan fingerprint density at radius 3 is 2.42 bits per heavy atom. The quantitative estimate of drug-likeness (QED) is 0.375. The highest BCUT2D eigenvalue weighted by Crippen LogP contribution is 2.69. The summed E-state index contributed by atoms with van der Waals surface area (Å²) in [6.07, 6.45) is 12.1. The lowest BCUT2D eigenvalue weighted by molar-refractivity contribution is -0.186. The van der Waals surface area contributed by atoms with Gasteiger partial charge in [0.1, 0.15) is 11.4 Å². The molecule has 4 fully saturated rings. The molecule has 0 aliphatic heterocycles. The van der Waals surface area contributed by atoms with Gasteiger partial charge in [0.25, 0.3) is 0 Å². The van der Waals surface area contributed by atoms with Gasteiger partial charge in [0.05, 0.1) is 5.92 Å². The van der Waals surface area contributed by atoms with Crippen molar-refractivity contribution in [3.63, 3.8) is 0 Å². The second-order valence-corrected chi connectivity index (χ2v) is 15.1. The van der Waals surface area contributed by atoms with Crippen LogP contribution in [-0.2, 0) is 14.3 Å². The van der Waals surface area contributed by atoms with Crippen molar-refractivity contribution in [1.82, 2.24) is 0 Å². The smallest absolute Gasteiger partial charge is 0.309 e. The normalized spacial score (nSPS) is 42.2. The molecule has 206 valence electrons. The Kier molecular flexibility index (Phi) is 8.08. The van der Waals surface area contributed by atoms with Crippen molar-refractivity contribution in [2.45, 2.75) is 125 Å². The molecular weight excluding hydrogens is 446 g/mol. The van der Waals surface area contributed by atoms with Gasteiger partial charge in [-0.15, -0.1) is 0 Å². The van der Waals surface area contributed by atoms with Crippen molar-refractivity contribution in [3.05, 3.63) is 0 Å². The number of Topliss-reactive ketones (excluding diaryl/α,β-unsaturated/α-hetero) is 1. The SMILES string of the molecule is CC(CN)CCC[C@@H](C)[C@H]1CC[C@H]2[C@@H]3[C@H](C(=O)OC(C)(C)C)C[C@H]4CC(=O)CC[C@]4(C)[C@H]3CC[C@]12C. The van der Waals surface area contributed by atoms with Crippen LogP contribution in [0, 0.1) is 58.2 Å². The first-order valence-electron chi connectivity index (χ1n) is 15.2. The molecular formula is C32H55NO3. The average Bonchev–Trinajstić information content (AvgIpc) is 3.15. The van der Waals surface area contributed by atoms with E-state index in [1.165, 1.54) is 44.9 Å². The molecule has 4 rings (SSSR count). The maximum atomic E-state index is 13.8. The van der Waals surface area contributed by atoms with Gasteiger partial charge in [-0.25, -0.2) is 0 Å². The molecule has 4 heteroatoms. The molecule has 0 radical (unpaired) electrons. The van der Waals surface area contributed by atoms with Crippen LogP contribution in [-0.4, -0.2) is 23.9 Å².